The summed E-state index contributed by atoms with van der Waals surface area (Å²) in [6, 6.07) is 3.15. The molecule has 3 N–H and O–H groups in total. The number of rotatable bonds is 4. The number of oxime groups is 1. The van der Waals surface area contributed by atoms with Gasteiger partial charge in [-0.3, -0.25) is 0 Å². The van der Waals surface area contributed by atoms with Gasteiger partial charge in [-0.1, -0.05) is 11.2 Å². The van der Waals surface area contributed by atoms with E-state index in [1.54, 1.807) is 11.4 Å². The number of nitrogens with zero attached hydrogens (tertiary/aromatic N) is 2. The molecule has 0 aromatic carbocycles. The van der Waals surface area contributed by atoms with Crippen LogP contribution in [0.25, 0.3) is 0 Å². The summed E-state index contributed by atoms with van der Waals surface area (Å²) in [6.07, 6.45) is 0. The Morgan fingerprint density at radius 1 is 1.73 bits per heavy atom. The lowest BCUT2D eigenvalue weighted by molar-refractivity contribution is 0.315. The molecular formula is C7H11N3O3S2. The Bertz CT molecular complexity index is 438. The lowest BCUT2D eigenvalue weighted by atomic mass is 10.6. The number of amidine groups is 1. The van der Waals surface area contributed by atoms with Gasteiger partial charge in [0.2, 0.25) is 0 Å². The molecule has 0 unspecified atom stereocenters. The highest BCUT2D eigenvalue weighted by molar-refractivity contribution is 7.91. The van der Waals surface area contributed by atoms with Crippen LogP contribution in [0.4, 0.5) is 0 Å². The van der Waals surface area contributed by atoms with E-state index in [0.717, 1.165) is 15.6 Å². The van der Waals surface area contributed by atoms with Crippen LogP contribution in [0, 0.1) is 0 Å². The molecule has 0 saturated heterocycles. The molecule has 0 atom stereocenters. The Morgan fingerprint density at radius 2 is 2.40 bits per heavy atom. The van der Waals surface area contributed by atoms with Crippen molar-refractivity contribution in [2.75, 3.05) is 13.6 Å². The van der Waals surface area contributed by atoms with Crippen LogP contribution in [0.15, 0.2) is 26.9 Å². The molecule has 0 radical (unpaired) electrons. The third-order valence-electron chi connectivity index (χ3n) is 1.67. The number of hydrogen-bond donors (Lipinski definition) is 2. The molecule has 15 heavy (non-hydrogen) atoms. The molecule has 0 bridgehead atoms. The van der Waals surface area contributed by atoms with E-state index >= 15 is 0 Å². The molecule has 1 aromatic heterocycles. The van der Waals surface area contributed by atoms with E-state index < -0.39 is 10.0 Å². The lowest BCUT2D eigenvalue weighted by Gasteiger charge is -2.14. The largest absolute Gasteiger partial charge is 0.409 e. The van der Waals surface area contributed by atoms with Crippen molar-refractivity contribution >= 4 is 27.2 Å². The van der Waals surface area contributed by atoms with Crippen molar-refractivity contribution in [3.8, 4) is 0 Å². The van der Waals surface area contributed by atoms with Gasteiger partial charge in [-0.05, 0) is 11.4 Å². The molecule has 0 amide bonds. The van der Waals surface area contributed by atoms with E-state index in [-0.39, 0.29) is 16.6 Å². The molecule has 0 aliphatic heterocycles. The van der Waals surface area contributed by atoms with Gasteiger partial charge in [-0.25, -0.2) is 8.42 Å². The van der Waals surface area contributed by atoms with E-state index in [9.17, 15) is 8.42 Å². The van der Waals surface area contributed by atoms with Crippen LogP contribution in [0.5, 0.6) is 0 Å². The fourth-order valence-corrected chi connectivity index (χ4v) is 3.25. The summed E-state index contributed by atoms with van der Waals surface area (Å²) < 4.78 is 24.8. The molecule has 6 nitrogen and oxygen atoms in total. The monoisotopic (exact) mass is 249 g/mol. The normalized spacial score (nSPS) is 13.3. The summed E-state index contributed by atoms with van der Waals surface area (Å²) >= 11 is 1.12. The Kier molecular flexibility index (Phi) is 3.66. The zero-order valence-corrected chi connectivity index (χ0v) is 9.62. The van der Waals surface area contributed by atoms with Gasteiger partial charge in [0.1, 0.15) is 4.21 Å². The van der Waals surface area contributed by atoms with Crippen LogP contribution in [-0.2, 0) is 10.0 Å². The molecule has 0 saturated carbocycles. The van der Waals surface area contributed by atoms with Gasteiger partial charge in [0.05, 0.1) is 6.54 Å². The van der Waals surface area contributed by atoms with E-state index in [0.29, 0.717) is 0 Å². The summed E-state index contributed by atoms with van der Waals surface area (Å²) in [4.78, 5) is 0. The molecule has 1 heterocycles. The fraction of sp³-hybridized carbons (Fsp3) is 0.286. The number of nitrogens with two attached hydrogens (primary N) is 1. The molecular weight excluding hydrogens is 238 g/mol. The van der Waals surface area contributed by atoms with E-state index in [1.807, 2.05) is 0 Å². The Labute approximate surface area is 91.7 Å². The second-order valence-electron chi connectivity index (χ2n) is 2.78. The summed E-state index contributed by atoms with van der Waals surface area (Å²) in [5.41, 5.74) is 5.22. The Balaban J connectivity index is 2.89. The van der Waals surface area contributed by atoms with Crippen molar-refractivity contribution in [1.29, 1.82) is 0 Å². The fourth-order valence-electron chi connectivity index (χ4n) is 0.909. The zero-order chi connectivity index (χ0) is 11.5. The standard InChI is InChI=1S/C7H11N3O3S2/c1-10(5-6(8)9-11)15(12,13)7-3-2-4-14-7/h2-4,11H,5H2,1H3,(H2,8,9). The highest BCUT2D eigenvalue weighted by Gasteiger charge is 2.22. The first-order valence-electron chi connectivity index (χ1n) is 3.94. The Hall–Kier alpha value is -1.12. The van der Waals surface area contributed by atoms with Gasteiger partial charge in [0.25, 0.3) is 10.0 Å². The van der Waals surface area contributed by atoms with Crippen LogP contribution in [-0.4, -0.2) is 37.4 Å². The van der Waals surface area contributed by atoms with Crippen LogP contribution < -0.4 is 5.73 Å². The van der Waals surface area contributed by atoms with E-state index in [1.165, 1.54) is 13.1 Å². The number of likely N-dealkylation sites (N-methyl/N-ethyl adjacent to an activating group) is 1. The maximum atomic E-state index is 11.8. The minimum atomic E-state index is -3.52. The predicted molar refractivity (Wildman–Crippen MR) is 57.5 cm³/mol. The first-order chi connectivity index (χ1) is 6.98. The topological polar surface area (TPSA) is 96.0 Å². The highest BCUT2D eigenvalue weighted by Crippen LogP contribution is 2.19. The van der Waals surface area contributed by atoms with Crippen LogP contribution in [0.3, 0.4) is 0 Å². The minimum absolute atomic E-state index is 0.142. The lowest BCUT2D eigenvalue weighted by Crippen LogP contribution is -2.35. The Morgan fingerprint density at radius 3 is 2.87 bits per heavy atom. The second-order valence-corrected chi connectivity index (χ2v) is 6.00. The molecule has 0 aliphatic rings. The number of hydrogen-bond acceptors (Lipinski definition) is 5. The van der Waals surface area contributed by atoms with E-state index in [2.05, 4.69) is 5.16 Å². The first kappa shape index (κ1) is 12.0. The van der Waals surface area contributed by atoms with Gasteiger partial charge in [-0.2, -0.15) is 4.31 Å². The van der Waals surface area contributed by atoms with Crippen molar-refractivity contribution in [2.45, 2.75) is 4.21 Å². The summed E-state index contributed by atoms with van der Waals surface area (Å²) in [5, 5.41) is 12.7. The third kappa shape index (κ3) is 2.67. The smallest absolute Gasteiger partial charge is 0.252 e. The molecule has 1 rings (SSSR count). The van der Waals surface area contributed by atoms with Gasteiger partial charge >= 0.3 is 0 Å². The second kappa shape index (κ2) is 4.60. The predicted octanol–water partition coefficient (Wildman–Crippen LogP) is 0.115. The van der Waals surface area contributed by atoms with Crippen molar-refractivity contribution in [3.63, 3.8) is 0 Å². The number of sulfonamides is 1. The van der Waals surface area contributed by atoms with Crippen LogP contribution >= 0.6 is 11.3 Å². The molecule has 0 spiro atoms. The maximum Gasteiger partial charge on any atom is 0.252 e. The average molecular weight is 249 g/mol. The van der Waals surface area contributed by atoms with Gasteiger partial charge < -0.3 is 10.9 Å². The van der Waals surface area contributed by atoms with Gasteiger partial charge in [0.15, 0.2) is 5.84 Å². The van der Waals surface area contributed by atoms with Crippen molar-refractivity contribution in [2.24, 2.45) is 10.9 Å². The highest BCUT2D eigenvalue weighted by atomic mass is 32.2. The first-order valence-corrected chi connectivity index (χ1v) is 6.26. The summed E-state index contributed by atoms with van der Waals surface area (Å²) in [5.74, 6) is -0.155. The quantitative estimate of drug-likeness (QED) is 0.343. The minimum Gasteiger partial charge on any atom is -0.409 e. The third-order valence-corrected chi connectivity index (χ3v) is 4.85. The van der Waals surface area contributed by atoms with Gasteiger partial charge in [0, 0.05) is 7.05 Å². The van der Waals surface area contributed by atoms with E-state index in [4.69, 9.17) is 10.9 Å². The average Bonchev–Trinajstić information content (AvgIpc) is 2.70. The van der Waals surface area contributed by atoms with Crippen LogP contribution in [0.2, 0.25) is 0 Å². The zero-order valence-electron chi connectivity index (χ0n) is 7.99. The molecule has 84 valence electrons. The van der Waals surface area contributed by atoms with Gasteiger partial charge in [-0.15, -0.1) is 11.3 Å². The van der Waals surface area contributed by atoms with Crippen molar-refractivity contribution < 1.29 is 13.6 Å². The van der Waals surface area contributed by atoms with Crippen molar-refractivity contribution in [1.82, 2.24) is 4.31 Å². The molecule has 0 aliphatic carbocycles. The summed E-state index contributed by atoms with van der Waals surface area (Å²) in [7, 11) is -2.15. The SMILES string of the molecule is CN(CC(N)=NO)S(=O)(=O)c1cccs1. The molecule has 8 heteroatoms. The maximum absolute atomic E-state index is 11.8. The molecule has 1 aromatic rings. The molecule has 0 fully saturated rings. The van der Waals surface area contributed by atoms with Crippen LogP contribution in [0.1, 0.15) is 0 Å². The van der Waals surface area contributed by atoms with Crippen molar-refractivity contribution in [3.05, 3.63) is 17.5 Å². The number of thiophene rings is 1. The summed E-state index contributed by atoms with van der Waals surface area (Å²) in [6.45, 7) is -0.142.